The molecule has 1 aromatic carbocycles. The van der Waals surface area contributed by atoms with Gasteiger partial charge in [0.15, 0.2) is 0 Å². The van der Waals surface area contributed by atoms with E-state index in [1.165, 1.54) is 24.0 Å². The lowest BCUT2D eigenvalue weighted by atomic mass is 10.2. The predicted molar refractivity (Wildman–Crippen MR) is 68.2 cm³/mol. The molecule has 1 saturated carbocycles. The Balaban J connectivity index is 1.77. The molecule has 3 nitrogen and oxygen atoms in total. The minimum atomic E-state index is 0.747. The van der Waals surface area contributed by atoms with E-state index in [1.807, 2.05) is 16.9 Å². The van der Waals surface area contributed by atoms with Crippen LogP contribution in [0.2, 0.25) is 0 Å². The number of para-hydroxylation sites is 1. The third-order valence-electron chi connectivity index (χ3n) is 3.17. The molecule has 17 heavy (non-hydrogen) atoms. The number of aryl methyl sites for hydroxylation is 1. The summed E-state index contributed by atoms with van der Waals surface area (Å²) in [4.78, 5) is 0. The lowest BCUT2D eigenvalue weighted by Crippen LogP contribution is -2.14. The Morgan fingerprint density at radius 3 is 2.94 bits per heavy atom. The molecule has 0 radical (unpaired) electrons. The minimum Gasteiger partial charge on any atom is -0.310 e. The van der Waals surface area contributed by atoms with Crippen LogP contribution in [0.25, 0.3) is 5.69 Å². The van der Waals surface area contributed by atoms with E-state index in [0.717, 1.165) is 18.3 Å². The van der Waals surface area contributed by atoms with E-state index in [0.29, 0.717) is 0 Å². The van der Waals surface area contributed by atoms with Crippen molar-refractivity contribution in [3.05, 3.63) is 47.8 Å². The highest BCUT2D eigenvalue weighted by Gasteiger charge is 2.20. The molecule has 1 aliphatic rings. The molecule has 1 fully saturated rings. The van der Waals surface area contributed by atoms with E-state index in [9.17, 15) is 0 Å². The molecule has 1 N–H and O–H groups in total. The number of nitrogens with zero attached hydrogens (tertiary/aromatic N) is 2. The highest BCUT2D eigenvalue weighted by molar-refractivity contribution is 5.39. The SMILES string of the molecule is Cc1ccccc1-n1cc(CNC2CC2)cn1. The summed E-state index contributed by atoms with van der Waals surface area (Å²) in [5.41, 5.74) is 3.66. The van der Waals surface area contributed by atoms with Gasteiger partial charge in [-0.15, -0.1) is 0 Å². The van der Waals surface area contributed by atoms with Crippen molar-refractivity contribution >= 4 is 0 Å². The number of benzene rings is 1. The molecular formula is C14H17N3. The molecule has 88 valence electrons. The van der Waals surface area contributed by atoms with E-state index in [2.05, 4.69) is 41.7 Å². The van der Waals surface area contributed by atoms with Gasteiger partial charge in [-0.25, -0.2) is 4.68 Å². The zero-order chi connectivity index (χ0) is 11.7. The van der Waals surface area contributed by atoms with E-state index in [-0.39, 0.29) is 0 Å². The number of nitrogens with one attached hydrogen (secondary N) is 1. The number of aromatic nitrogens is 2. The quantitative estimate of drug-likeness (QED) is 0.869. The average molecular weight is 227 g/mol. The van der Waals surface area contributed by atoms with Crippen LogP contribution in [0.15, 0.2) is 36.7 Å². The number of rotatable bonds is 4. The second-order valence-corrected chi connectivity index (χ2v) is 4.73. The van der Waals surface area contributed by atoms with Crippen molar-refractivity contribution in [1.82, 2.24) is 15.1 Å². The zero-order valence-electron chi connectivity index (χ0n) is 10.1. The summed E-state index contributed by atoms with van der Waals surface area (Å²) in [6, 6.07) is 9.06. The smallest absolute Gasteiger partial charge is 0.0674 e. The van der Waals surface area contributed by atoms with Crippen molar-refractivity contribution in [2.24, 2.45) is 0 Å². The van der Waals surface area contributed by atoms with Gasteiger partial charge in [0.05, 0.1) is 11.9 Å². The van der Waals surface area contributed by atoms with Gasteiger partial charge in [-0.1, -0.05) is 18.2 Å². The Hall–Kier alpha value is -1.61. The van der Waals surface area contributed by atoms with Gasteiger partial charge in [-0.05, 0) is 31.4 Å². The highest BCUT2D eigenvalue weighted by Crippen LogP contribution is 2.19. The second kappa shape index (κ2) is 4.34. The molecule has 0 bridgehead atoms. The van der Waals surface area contributed by atoms with Gasteiger partial charge in [0.1, 0.15) is 0 Å². The van der Waals surface area contributed by atoms with Crippen LogP contribution in [0.3, 0.4) is 0 Å². The van der Waals surface area contributed by atoms with Crippen LogP contribution in [0.1, 0.15) is 24.0 Å². The Labute approximate surface area is 101 Å². The van der Waals surface area contributed by atoms with Crippen molar-refractivity contribution in [1.29, 1.82) is 0 Å². The minimum absolute atomic E-state index is 0.747. The lowest BCUT2D eigenvalue weighted by Gasteiger charge is -2.04. The summed E-state index contributed by atoms with van der Waals surface area (Å²) >= 11 is 0. The van der Waals surface area contributed by atoms with Crippen LogP contribution in [0.5, 0.6) is 0 Å². The standard InChI is InChI=1S/C14H17N3/c1-11-4-2-3-5-14(11)17-10-12(9-16-17)8-15-13-6-7-13/h2-5,9-10,13,15H,6-8H2,1H3. The molecule has 2 aromatic rings. The Kier molecular flexibility index (Phi) is 2.69. The van der Waals surface area contributed by atoms with Crippen molar-refractivity contribution in [2.75, 3.05) is 0 Å². The third kappa shape index (κ3) is 2.39. The van der Waals surface area contributed by atoms with Crippen LogP contribution >= 0.6 is 0 Å². The first-order valence-corrected chi connectivity index (χ1v) is 6.16. The van der Waals surface area contributed by atoms with Gasteiger partial charge in [0.25, 0.3) is 0 Å². The molecule has 0 unspecified atom stereocenters. The van der Waals surface area contributed by atoms with Crippen LogP contribution in [0, 0.1) is 6.92 Å². The molecule has 3 heteroatoms. The van der Waals surface area contributed by atoms with Crippen LogP contribution < -0.4 is 5.32 Å². The first-order valence-electron chi connectivity index (χ1n) is 6.16. The molecule has 0 saturated heterocycles. The molecule has 0 aliphatic heterocycles. The van der Waals surface area contributed by atoms with Crippen molar-refractivity contribution < 1.29 is 0 Å². The van der Waals surface area contributed by atoms with Crippen LogP contribution in [0.4, 0.5) is 0 Å². The van der Waals surface area contributed by atoms with Crippen molar-refractivity contribution in [2.45, 2.75) is 32.4 Å². The molecule has 0 spiro atoms. The topological polar surface area (TPSA) is 29.9 Å². The molecule has 1 heterocycles. The van der Waals surface area contributed by atoms with Crippen molar-refractivity contribution in [3.8, 4) is 5.69 Å². The third-order valence-corrected chi connectivity index (χ3v) is 3.17. The maximum absolute atomic E-state index is 4.42. The highest BCUT2D eigenvalue weighted by atomic mass is 15.3. The van der Waals surface area contributed by atoms with Crippen LogP contribution in [-0.2, 0) is 6.54 Å². The zero-order valence-corrected chi connectivity index (χ0v) is 10.1. The predicted octanol–water partition coefficient (Wildman–Crippen LogP) is 2.43. The van der Waals surface area contributed by atoms with Crippen LogP contribution in [-0.4, -0.2) is 15.8 Å². The van der Waals surface area contributed by atoms with Gasteiger partial charge in [0.2, 0.25) is 0 Å². The number of hydrogen-bond donors (Lipinski definition) is 1. The summed E-state index contributed by atoms with van der Waals surface area (Å²) < 4.78 is 1.96. The van der Waals surface area contributed by atoms with E-state index in [4.69, 9.17) is 0 Å². The number of hydrogen-bond acceptors (Lipinski definition) is 2. The van der Waals surface area contributed by atoms with Crippen molar-refractivity contribution in [3.63, 3.8) is 0 Å². The summed E-state index contributed by atoms with van der Waals surface area (Å²) in [5, 5.41) is 7.92. The molecule has 1 aromatic heterocycles. The fourth-order valence-corrected chi connectivity index (χ4v) is 1.95. The summed E-state index contributed by atoms with van der Waals surface area (Å²) in [5.74, 6) is 0. The van der Waals surface area contributed by atoms with E-state index >= 15 is 0 Å². The average Bonchev–Trinajstić information content (AvgIpc) is 3.06. The normalized spacial score (nSPS) is 15.1. The Bertz CT molecular complexity index is 512. The Morgan fingerprint density at radius 1 is 1.35 bits per heavy atom. The molecule has 0 amide bonds. The van der Waals surface area contributed by atoms with E-state index < -0.39 is 0 Å². The summed E-state index contributed by atoms with van der Waals surface area (Å²) in [6.45, 7) is 3.04. The first-order chi connectivity index (χ1) is 8.33. The largest absolute Gasteiger partial charge is 0.310 e. The monoisotopic (exact) mass is 227 g/mol. The maximum atomic E-state index is 4.42. The summed E-state index contributed by atoms with van der Waals surface area (Å²) in [7, 11) is 0. The fraction of sp³-hybridized carbons (Fsp3) is 0.357. The molecular weight excluding hydrogens is 210 g/mol. The molecule has 0 atom stereocenters. The lowest BCUT2D eigenvalue weighted by molar-refractivity contribution is 0.687. The van der Waals surface area contributed by atoms with Gasteiger partial charge >= 0.3 is 0 Å². The summed E-state index contributed by atoms with van der Waals surface area (Å²) in [6.07, 6.45) is 6.71. The first kappa shape index (κ1) is 10.5. The Morgan fingerprint density at radius 2 is 2.18 bits per heavy atom. The van der Waals surface area contributed by atoms with Gasteiger partial charge in [-0.3, -0.25) is 0 Å². The van der Waals surface area contributed by atoms with E-state index in [1.54, 1.807) is 0 Å². The van der Waals surface area contributed by atoms with Gasteiger partial charge in [-0.2, -0.15) is 5.10 Å². The van der Waals surface area contributed by atoms with Gasteiger partial charge in [0, 0.05) is 24.3 Å². The van der Waals surface area contributed by atoms with Gasteiger partial charge < -0.3 is 5.32 Å². The maximum Gasteiger partial charge on any atom is 0.0674 e. The molecule has 1 aliphatic carbocycles. The molecule has 3 rings (SSSR count). The second-order valence-electron chi connectivity index (χ2n) is 4.73. The fourth-order valence-electron chi connectivity index (χ4n) is 1.95.